The molecule has 0 saturated carbocycles. The maximum absolute atomic E-state index is 12.4. The summed E-state index contributed by atoms with van der Waals surface area (Å²) in [6.07, 6.45) is 4.02. The molecule has 10 heteroatoms. The monoisotopic (exact) mass is 430 g/mol. The Labute approximate surface area is 168 Å². The highest BCUT2D eigenvalue weighted by atomic mass is 35.5. The van der Waals surface area contributed by atoms with Crippen LogP contribution in [0.5, 0.6) is 0 Å². The van der Waals surface area contributed by atoms with Gasteiger partial charge in [-0.3, -0.25) is 10.1 Å². The first kappa shape index (κ1) is 21.7. The molecule has 0 saturated heterocycles. The molecule has 1 aromatic carbocycles. The predicted molar refractivity (Wildman–Crippen MR) is 108 cm³/mol. The van der Waals surface area contributed by atoms with E-state index in [0.717, 1.165) is 37.0 Å². The molecule has 0 unspecified atom stereocenters. The van der Waals surface area contributed by atoms with Gasteiger partial charge in [0.15, 0.2) is 0 Å². The fourth-order valence-corrected chi connectivity index (χ4v) is 4.68. The zero-order valence-electron chi connectivity index (χ0n) is 15.2. The number of nitrogens with zero attached hydrogens (tertiary/aromatic N) is 2. The number of anilines is 1. The van der Waals surface area contributed by atoms with Crippen molar-refractivity contribution in [3.63, 3.8) is 0 Å². The molecule has 0 radical (unpaired) electrons. The van der Waals surface area contributed by atoms with E-state index in [-0.39, 0.29) is 21.0 Å². The average Bonchev–Trinajstić information content (AvgIpc) is 3.11. The summed E-state index contributed by atoms with van der Waals surface area (Å²) in [5.41, 5.74) is 0.276. The number of carbonyl (C=O) groups excluding carboxylic acids is 1. The Morgan fingerprint density at radius 1 is 1.26 bits per heavy atom. The molecule has 148 valence electrons. The highest BCUT2D eigenvalue weighted by Gasteiger charge is 2.22. The molecule has 1 aromatic heterocycles. The number of hydrogen-bond donors (Lipinski definition) is 2. The standard InChI is InChI=1S/C17H23ClN4O3S2/c1-3-5-8-12(4-2)11-19-27(24,25)17-22-21-16(26-17)20-15(23)13-9-6-7-10-14(13)18/h6-7,9-10,12,19H,3-5,8,11H2,1-2H3,(H,20,21,23)/t12-/m1/s1. The molecule has 0 aliphatic carbocycles. The maximum atomic E-state index is 12.4. The Morgan fingerprint density at radius 2 is 2.00 bits per heavy atom. The molecular formula is C17H23ClN4O3S2. The number of nitrogens with one attached hydrogen (secondary N) is 2. The third-order valence-electron chi connectivity index (χ3n) is 4.08. The second-order valence-corrected chi connectivity index (χ2v) is 9.40. The fourth-order valence-electron chi connectivity index (χ4n) is 2.41. The number of halogens is 1. The number of benzene rings is 1. The topological polar surface area (TPSA) is 101 Å². The Balaban J connectivity index is 2.01. The molecule has 27 heavy (non-hydrogen) atoms. The zero-order valence-corrected chi connectivity index (χ0v) is 17.6. The van der Waals surface area contributed by atoms with E-state index in [1.54, 1.807) is 24.3 Å². The van der Waals surface area contributed by atoms with Crippen LogP contribution in [0.3, 0.4) is 0 Å². The van der Waals surface area contributed by atoms with Gasteiger partial charge in [0.25, 0.3) is 15.9 Å². The molecule has 0 bridgehead atoms. The molecule has 0 fully saturated rings. The van der Waals surface area contributed by atoms with E-state index in [2.05, 4.69) is 27.2 Å². The molecule has 0 spiro atoms. The normalized spacial score (nSPS) is 12.7. The summed E-state index contributed by atoms with van der Waals surface area (Å²) in [5, 5.41) is 10.4. The Morgan fingerprint density at radius 3 is 2.67 bits per heavy atom. The number of amides is 1. The number of hydrogen-bond acceptors (Lipinski definition) is 6. The molecule has 2 N–H and O–H groups in total. The van der Waals surface area contributed by atoms with E-state index in [9.17, 15) is 13.2 Å². The highest BCUT2D eigenvalue weighted by molar-refractivity contribution is 7.91. The summed E-state index contributed by atoms with van der Waals surface area (Å²) < 4.78 is 27.2. The smallest absolute Gasteiger partial charge is 0.269 e. The molecule has 0 aliphatic heterocycles. The van der Waals surface area contributed by atoms with Crippen LogP contribution in [0, 0.1) is 5.92 Å². The fraction of sp³-hybridized carbons (Fsp3) is 0.471. The van der Waals surface area contributed by atoms with Gasteiger partial charge in [-0.15, -0.1) is 10.2 Å². The van der Waals surface area contributed by atoms with Gasteiger partial charge >= 0.3 is 0 Å². The van der Waals surface area contributed by atoms with E-state index in [1.807, 2.05) is 6.92 Å². The lowest BCUT2D eigenvalue weighted by Crippen LogP contribution is -2.29. The average molecular weight is 431 g/mol. The first-order valence-corrected chi connectivity index (χ1v) is 11.4. The molecule has 0 aliphatic rings. The van der Waals surface area contributed by atoms with Crippen LogP contribution in [-0.2, 0) is 10.0 Å². The van der Waals surface area contributed by atoms with Crippen LogP contribution in [-0.4, -0.2) is 31.1 Å². The summed E-state index contributed by atoms with van der Waals surface area (Å²) in [5.74, 6) is -0.189. The van der Waals surface area contributed by atoms with Crippen molar-refractivity contribution < 1.29 is 13.2 Å². The molecule has 7 nitrogen and oxygen atoms in total. The van der Waals surface area contributed by atoms with Crippen LogP contribution < -0.4 is 10.0 Å². The van der Waals surface area contributed by atoms with Crippen molar-refractivity contribution in [2.75, 3.05) is 11.9 Å². The Hall–Kier alpha value is -1.55. The molecular weight excluding hydrogens is 408 g/mol. The van der Waals surface area contributed by atoms with E-state index in [4.69, 9.17) is 11.6 Å². The van der Waals surface area contributed by atoms with Crippen molar-refractivity contribution in [1.29, 1.82) is 0 Å². The van der Waals surface area contributed by atoms with E-state index in [0.29, 0.717) is 11.6 Å². The van der Waals surface area contributed by atoms with Crippen molar-refractivity contribution in [2.24, 2.45) is 5.92 Å². The number of carbonyl (C=O) groups is 1. The van der Waals surface area contributed by atoms with Crippen LogP contribution >= 0.6 is 22.9 Å². The van der Waals surface area contributed by atoms with E-state index in [1.165, 1.54) is 0 Å². The summed E-state index contributed by atoms with van der Waals surface area (Å²) in [4.78, 5) is 12.2. The van der Waals surface area contributed by atoms with Gasteiger partial charge in [0.2, 0.25) is 9.47 Å². The number of aromatic nitrogens is 2. The summed E-state index contributed by atoms with van der Waals surface area (Å²) in [6.45, 7) is 4.51. The van der Waals surface area contributed by atoms with E-state index >= 15 is 0 Å². The first-order chi connectivity index (χ1) is 12.9. The van der Waals surface area contributed by atoms with Gasteiger partial charge in [0.05, 0.1) is 10.6 Å². The predicted octanol–water partition coefficient (Wildman–Crippen LogP) is 3.94. The van der Waals surface area contributed by atoms with Crippen molar-refractivity contribution in [2.45, 2.75) is 43.9 Å². The quantitative estimate of drug-likeness (QED) is 0.556. The first-order valence-electron chi connectivity index (χ1n) is 8.76. The third-order valence-corrected chi connectivity index (χ3v) is 7.04. The minimum absolute atomic E-state index is 0.0957. The third kappa shape index (κ3) is 6.24. The van der Waals surface area contributed by atoms with Crippen LogP contribution in [0.2, 0.25) is 5.02 Å². The SMILES string of the molecule is CCCC[C@@H](CC)CNS(=O)(=O)c1nnc(NC(=O)c2ccccc2Cl)s1. The van der Waals surface area contributed by atoms with Gasteiger partial charge in [-0.05, 0) is 24.5 Å². The van der Waals surface area contributed by atoms with Crippen LogP contribution in [0.1, 0.15) is 49.9 Å². The Bertz CT molecular complexity index is 871. The Kier molecular flexibility index (Phi) is 8.15. The van der Waals surface area contributed by atoms with Gasteiger partial charge in [0, 0.05) is 6.54 Å². The minimum Gasteiger partial charge on any atom is -0.296 e. The summed E-state index contributed by atoms with van der Waals surface area (Å²) >= 11 is 6.78. The van der Waals surface area contributed by atoms with Crippen LogP contribution in [0.4, 0.5) is 5.13 Å². The lowest BCUT2D eigenvalue weighted by molar-refractivity contribution is 0.102. The summed E-state index contributed by atoms with van der Waals surface area (Å²) in [7, 11) is -3.76. The van der Waals surface area contributed by atoms with E-state index < -0.39 is 15.9 Å². The van der Waals surface area contributed by atoms with Gasteiger partial charge in [-0.2, -0.15) is 0 Å². The second-order valence-electron chi connectivity index (χ2n) is 6.08. The van der Waals surface area contributed by atoms with Crippen molar-refractivity contribution in [3.8, 4) is 0 Å². The molecule has 1 heterocycles. The van der Waals surface area contributed by atoms with Gasteiger partial charge < -0.3 is 0 Å². The zero-order chi connectivity index (χ0) is 19.9. The van der Waals surface area contributed by atoms with Crippen LogP contribution in [0.25, 0.3) is 0 Å². The van der Waals surface area contributed by atoms with Gasteiger partial charge in [0.1, 0.15) is 0 Å². The molecule has 1 amide bonds. The van der Waals surface area contributed by atoms with Gasteiger partial charge in [-0.1, -0.05) is 68.2 Å². The molecule has 2 rings (SSSR count). The number of rotatable bonds is 10. The van der Waals surface area contributed by atoms with Crippen molar-refractivity contribution in [1.82, 2.24) is 14.9 Å². The lowest BCUT2D eigenvalue weighted by atomic mass is 10.00. The number of sulfonamides is 1. The number of unbranched alkanes of at least 4 members (excludes halogenated alkanes) is 1. The molecule has 1 atom stereocenters. The molecule has 2 aromatic rings. The van der Waals surface area contributed by atoms with Crippen molar-refractivity contribution in [3.05, 3.63) is 34.9 Å². The van der Waals surface area contributed by atoms with Gasteiger partial charge in [-0.25, -0.2) is 13.1 Å². The summed E-state index contributed by atoms with van der Waals surface area (Å²) in [6, 6.07) is 6.56. The lowest BCUT2D eigenvalue weighted by Gasteiger charge is -2.14. The maximum Gasteiger partial charge on any atom is 0.269 e. The van der Waals surface area contributed by atoms with Crippen molar-refractivity contribution >= 4 is 44.0 Å². The highest BCUT2D eigenvalue weighted by Crippen LogP contribution is 2.22. The largest absolute Gasteiger partial charge is 0.296 e. The second kappa shape index (κ2) is 10.1. The minimum atomic E-state index is -3.76. The van der Waals surface area contributed by atoms with Crippen LogP contribution in [0.15, 0.2) is 28.6 Å².